The number of amides is 2. The number of ether oxygens (including phenoxy) is 2. The Hall–Kier alpha value is -3.74. The molecule has 2 amide bonds. The van der Waals surface area contributed by atoms with Crippen molar-refractivity contribution in [2.24, 2.45) is 0 Å². The van der Waals surface area contributed by atoms with Crippen LogP contribution in [0.4, 0.5) is 5.69 Å². The van der Waals surface area contributed by atoms with Crippen molar-refractivity contribution in [2.45, 2.75) is 44.2 Å². The van der Waals surface area contributed by atoms with Crippen molar-refractivity contribution >= 4 is 17.5 Å². The third kappa shape index (κ3) is 5.09. The van der Waals surface area contributed by atoms with E-state index in [0.717, 1.165) is 25.7 Å². The summed E-state index contributed by atoms with van der Waals surface area (Å²) in [4.78, 5) is 29.1. The summed E-state index contributed by atoms with van der Waals surface area (Å²) in [6.07, 6.45) is 6.65. The topological polar surface area (TPSA) is 81.0 Å². The first-order chi connectivity index (χ1) is 16.6. The molecule has 1 aromatic heterocycles. The molecule has 4 rings (SSSR count). The summed E-state index contributed by atoms with van der Waals surface area (Å²) in [7, 11) is 3.13. The minimum absolute atomic E-state index is 0.0835. The largest absolute Gasteiger partial charge is 0.497 e. The number of carbonyl (C=O) groups excluding carboxylic acids is 2. The van der Waals surface area contributed by atoms with Crippen molar-refractivity contribution in [1.82, 2.24) is 5.32 Å². The number of nitrogens with one attached hydrogen (secondary N) is 1. The minimum Gasteiger partial charge on any atom is -0.497 e. The lowest BCUT2D eigenvalue weighted by Gasteiger charge is -2.33. The highest BCUT2D eigenvalue weighted by Crippen LogP contribution is 2.37. The summed E-state index contributed by atoms with van der Waals surface area (Å²) in [6.45, 7) is 0. The van der Waals surface area contributed by atoms with Crippen LogP contribution in [0.15, 0.2) is 71.3 Å². The van der Waals surface area contributed by atoms with E-state index in [1.54, 1.807) is 50.6 Å². The molecule has 0 spiro atoms. The van der Waals surface area contributed by atoms with Crippen molar-refractivity contribution in [3.8, 4) is 11.5 Å². The molecular formula is C27H30N2O5. The molecule has 0 bridgehead atoms. The van der Waals surface area contributed by atoms with Gasteiger partial charge in [-0.2, -0.15) is 0 Å². The van der Waals surface area contributed by atoms with Crippen molar-refractivity contribution < 1.29 is 23.5 Å². The van der Waals surface area contributed by atoms with Gasteiger partial charge >= 0.3 is 0 Å². The Labute approximate surface area is 199 Å². The SMILES string of the molecule is COc1ccc([C@H](C(=O)NC2CCCCC2)N(C(=O)c2ccco2)c2ccccc2OC)cc1. The summed E-state index contributed by atoms with van der Waals surface area (Å²) in [6, 6.07) is 16.7. The summed E-state index contributed by atoms with van der Waals surface area (Å²) < 4.78 is 16.3. The van der Waals surface area contributed by atoms with Crippen LogP contribution in [-0.4, -0.2) is 32.1 Å². The highest BCUT2D eigenvalue weighted by atomic mass is 16.5. The number of anilines is 1. The third-order valence-corrected chi connectivity index (χ3v) is 6.19. The third-order valence-electron chi connectivity index (χ3n) is 6.19. The van der Waals surface area contributed by atoms with Gasteiger partial charge in [0, 0.05) is 6.04 Å². The molecule has 7 heteroatoms. The van der Waals surface area contributed by atoms with Crippen LogP contribution in [0.5, 0.6) is 11.5 Å². The van der Waals surface area contributed by atoms with Crippen LogP contribution in [0.25, 0.3) is 0 Å². The molecule has 7 nitrogen and oxygen atoms in total. The van der Waals surface area contributed by atoms with Gasteiger partial charge < -0.3 is 19.2 Å². The molecule has 1 saturated carbocycles. The fraction of sp³-hybridized carbons (Fsp3) is 0.333. The molecule has 1 aliphatic carbocycles. The molecule has 0 aliphatic heterocycles. The predicted octanol–water partition coefficient (Wildman–Crippen LogP) is 5.13. The smallest absolute Gasteiger partial charge is 0.295 e. The maximum atomic E-state index is 13.8. The quantitative estimate of drug-likeness (QED) is 0.502. The Morgan fingerprint density at radius 2 is 1.68 bits per heavy atom. The van der Waals surface area contributed by atoms with E-state index in [2.05, 4.69) is 5.32 Å². The van der Waals surface area contributed by atoms with Crippen LogP contribution in [0.2, 0.25) is 0 Å². The highest BCUT2D eigenvalue weighted by Gasteiger charge is 2.37. The number of carbonyl (C=O) groups is 2. The van der Waals surface area contributed by atoms with Gasteiger partial charge in [-0.25, -0.2) is 0 Å². The van der Waals surface area contributed by atoms with Crippen LogP contribution in [0.3, 0.4) is 0 Å². The number of hydrogen-bond acceptors (Lipinski definition) is 5. The molecule has 2 aromatic carbocycles. The molecule has 1 aliphatic rings. The molecule has 1 atom stereocenters. The predicted molar refractivity (Wildman–Crippen MR) is 129 cm³/mol. The molecule has 178 valence electrons. The summed E-state index contributed by atoms with van der Waals surface area (Å²) in [5.74, 6) is 0.592. The van der Waals surface area contributed by atoms with Crippen LogP contribution in [0.1, 0.15) is 54.3 Å². The molecule has 0 radical (unpaired) electrons. The summed E-state index contributed by atoms with van der Waals surface area (Å²) >= 11 is 0. The number of para-hydroxylation sites is 2. The van der Waals surface area contributed by atoms with Crippen LogP contribution in [-0.2, 0) is 4.79 Å². The second-order valence-corrected chi connectivity index (χ2v) is 8.34. The first kappa shape index (κ1) is 23.4. The molecule has 1 fully saturated rings. The zero-order valence-corrected chi connectivity index (χ0v) is 19.5. The lowest BCUT2D eigenvalue weighted by Crippen LogP contribution is -2.47. The first-order valence-corrected chi connectivity index (χ1v) is 11.6. The van der Waals surface area contributed by atoms with E-state index in [1.807, 2.05) is 24.3 Å². The van der Waals surface area contributed by atoms with Gasteiger partial charge in [0.05, 0.1) is 26.2 Å². The second-order valence-electron chi connectivity index (χ2n) is 8.34. The van der Waals surface area contributed by atoms with E-state index in [1.165, 1.54) is 17.6 Å². The fourth-order valence-corrected chi connectivity index (χ4v) is 4.44. The lowest BCUT2D eigenvalue weighted by molar-refractivity contribution is -0.123. The van der Waals surface area contributed by atoms with Gasteiger partial charge in [0.2, 0.25) is 5.91 Å². The number of nitrogens with zero attached hydrogens (tertiary/aromatic N) is 1. The zero-order chi connectivity index (χ0) is 23.9. The van der Waals surface area contributed by atoms with Crippen molar-refractivity contribution in [3.05, 3.63) is 78.3 Å². The Morgan fingerprint density at radius 3 is 2.32 bits per heavy atom. The van der Waals surface area contributed by atoms with E-state index in [0.29, 0.717) is 22.7 Å². The van der Waals surface area contributed by atoms with Gasteiger partial charge in [0.25, 0.3) is 5.91 Å². The number of benzene rings is 2. The lowest BCUT2D eigenvalue weighted by atomic mass is 9.94. The Kier molecular flexibility index (Phi) is 7.52. The van der Waals surface area contributed by atoms with E-state index in [9.17, 15) is 9.59 Å². The van der Waals surface area contributed by atoms with E-state index in [4.69, 9.17) is 13.9 Å². The molecule has 0 unspecified atom stereocenters. The van der Waals surface area contributed by atoms with E-state index < -0.39 is 11.9 Å². The normalized spacial score (nSPS) is 14.8. The summed E-state index contributed by atoms with van der Waals surface area (Å²) in [5.41, 5.74) is 1.13. The number of hydrogen-bond donors (Lipinski definition) is 1. The van der Waals surface area contributed by atoms with Gasteiger partial charge in [-0.3, -0.25) is 14.5 Å². The van der Waals surface area contributed by atoms with Crippen molar-refractivity contribution in [2.75, 3.05) is 19.1 Å². The standard InChI is InChI=1S/C27H30N2O5/c1-32-21-16-14-19(15-17-21)25(26(30)28-20-9-4-3-5-10-20)29(27(31)24-13-8-18-34-24)22-11-6-7-12-23(22)33-2/h6-8,11-18,20,25H,3-5,9-10H2,1-2H3,(H,28,30)/t25-/m1/s1. The van der Waals surface area contributed by atoms with E-state index >= 15 is 0 Å². The fourth-order valence-electron chi connectivity index (χ4n) is 4.44. The molecule has 1 N–H and O–H groups in total. The molecule has 3 aromatic rings. The number of methoxy groups -OCH3 is 2. The van der Waals surface area contributed by atoms with Crippen LogP contribution >= 0.6 is 0 Å². The Balaban J connectivity index is 1.82. The Morgan fingerprint density at radius 1 is 0.941 bits per heavy atom. The highest BCUT2D eigenvalue weighted by molar-refractivity contribution is 6.09. The van der Waals surface area contributed by atoms with Crippen LogP contribution < -0.4 is 19.7 Å². The van der Waals surface area contributed by atoms with Gasteiger partial charge in [-0.05, 0) is 54.8 Å². The molecule has 1 heterocycles. The molecular weight excluding hydrogens is 432 g/mol. The maximum absolute atomic E-state index is 13.8. The maximum Gasteiger partial charge on any atom is 0.295 e. The zero-order valence-electron chi connectivity index (χ0n) is 19.5. The monoisotopic (exact) mass is 462 g/mol. The molecule has 0 saturated heterocycles. The van der Waals surface area contributed by atoms with Gasteiger partial charge in [-0.15, -0.1) is 0 Å². The minimum atomic E-state index is -0.943. The average molecular weight is 463 g/mol. The Bertz CT molecular complexity index is 1090. The van der Waals surface area contributed by atoms with Gasteiger partial charge in [0.1, 0.15) is 17.5 Å². The van der Waals surface area contributed by atoms with E-state index in [-0.39, 0.29) is 17.7 Å². The van der Waals surface area contributed by atoms with Crippen molar-refractivity contribution in [1.29, 1.82) is 0 Å². The number of furan rings is 1. The second kappa shape index (κ2) is 10.9. The average Bonchev–Trinajstić information content (AvgIpc) is 3.43. The first-order valence-electron chi connectivity index (χ1n) is 11.6. The number of rotatable bonds is 8. The van der Waals surface area contributed by atoms with Crippen LogP contribution in [0, 0.1) is 0 Å². The van der Waals surface area contributed by atoms with Gasteiger partial charge in [0.15, 0.2) is 5.76 Å². The summed E-state index contributed by atoms with van der Waals surface area (Å²) in [5, 5.41) is 3.20. The van der Waals surface area contributed by atoms with Gasteiger partial charge in [-0.1, -0.05) is 43.5 Å². The van der Waals surface area contributed by atoms with Crippen molar-refractivity contribution in [3.63, 3.8) is 0 Å². The molecule has 34 heavy (non-hydrogen) atoms.